The number of anilines is 2. The first-order chi connectivity index (χ1) is 14.5. The molecule has 0 radical (unpaired) electrons. The molecule has 0 saturated carbocycles. The Labute approximate surface area is 180 Å². The normalized spacial score (nSPS) is 12.3. The highest BCUT2D eigenvalue weighted by Gasteiger charge is 2.24. The minimum absolute atomic E-state index is 0.0228. The van der Waals surface area contributed by atoms with Gasteiger partial charge in [0.2, 0.25) is 15.9 Å². The van der Waals surface area contributed by atoms with E-state index in [1.165, 1.54) is 44.3 Å². The standard InChI is InChI=1S/C19H25N5O6S/c1-12(2)24-17(9-10-20-24)22-18(26)11-30-19(27)13(3)23-31(28,29)16-7-5-15(6-8-16)21-14(4)25/h5-10,12-13,23H,11H2,1-4H3,(H,21,25)(H,22,26)/t13-/m0/s1. The molecule has 0 spiro atoms. The Morgan fingerprint density at radius 2 is 1.71 bits per heavy atom. The molecule has 0 aliphatic carbocycles. The molecule has 1 atom stereocenters. The Hall–Kier alpha value is -3.25. The highest BCUT2D eigenvalue weighted by atomic mass is 32.2. The number of amides is 2. The van der Waals surface area contributed by atoms with E-state index in [2.05, 4.69) is 20.5 Å². The third-order valence-electron chi connectivity index (χ3n) is 3.94. The van der Waals surface area contributed by atoms with Crippen LogP contribution in [0.25, 0.3) is 0 Å². The van der Waals surface area contributed by atoms with Crippen molar-refractivity contribution in [3.8, 4) is 0 Å². The summed E-state index contributed by atoms with van der Waals surface area (Å²) in [6.45, 7) is 5.84. The fraction of sp³-hybridized carbons (Fsp3) is 0.368. The van der Waals surface area contributed by atoms with Crippen LogP contribution in [0, 0.1) is 0 Å². The summed E-state index contributed by atoms with van der Waals surface area (Å²) in [7, 11) is -4.02. The van der Waals surface area contributed by atoms with Gasteiger partial charge in [0, 0.05) is 24.7 Å². The van der Waals surface area contributed by atoms with E-state index >= 15 is 0 Å². The van der Waals surface area contributed by atoms with Crippen molar-refractivity contribution in [2.45, 2.75) is 44.7 Å². The van der Waals surface area contributed by atoms with Gasteiger partial charge in [-0.1, -0.05) is 0 Å². The molecule has 1 heterocycles. The lowest BCUT2D eigenvalue weighted by Gasteiger charge is -2.15. The van der Waals surface area contributed by atoms with Gasteiger partial charge in [-0.25, -0.2) is 13.1 Å². The average molecular weight is 452 g/mol. The molecule has 1 aromatic carbocycles. The van der Waals surface area contributed by atoms with Gasteiger partial charge >= 0.3 is 5.97 Å². The third-order valence-corrected chi connectivity index (χ3v) is 5.50. The number of nitrogens with one attached hydrogen (secondary N) is 3. The Bertz CT molecular complexity index is 1050. The number of aromatic nitrogens is 2. The van der Waals surface area contributed by atoms with Gasteiger partial charge in [0.1, 0.15) is 11.9 Å². The maximum Gasteiger partial charge on any atom is 0.324 e. The van der Waals surface area contributed by atoms with Crippen molar-refractivity contribution in [3.05, 3.63) is 36.5 Å². The maximum atomic E-state index is 12.4. The minimum Gasteiger partial charge on any atom is -0.454 e. The number of hydrogen-bond donors (Lipinski definition) is 3. The van der Waals surface area contributed by atoms with Crippen LogP contribution in [0.1, 0.15) is 33.7 Å². The molecule has 0 bridgehead atoms. The number of rotatable bonds is 9. The van der Waals surface area contributed by atoms with E-state index < -0.39 is 34.5 Å². The molecular weight excluding hydrogens is 426 g/mol. The molecule has 0 aliphatic heterocycles. The van der Waals surface area contributed by atoms with E-state index in [1.54, 1.807) is 10.7 Å². The molecule has 31 heavy (non-hydrogen) atoms. The van der Waals surface area contributed by atoms with Crippen molar-refractivity contribution >= 4 is 39.3 Å². The Kier molecular flexibility index (Phi) is 7.89. The fourth-order valence-corrected chi connectivity index (χ4v) is 3.73. The van der Waals surface area contributed by atoms with Gasteiger partial charge in [-0.2, -0.15) is 9.82 Å². The summed E-state index contributed by atoms with van der Waals surface area (Å²) in [5, 5.41) is 9.18. The number of ether oxygens (including phenoxy) is 1. The first-order valence-corrected chi connectivity index (χ1v) is 10.9. The van der Waals surface area contributed by atoms with Crippen LogP contribution < -0.4 is 15.4 Å². The number of nitrogens with zero attached hydrogens (tertiary/aromatic N) is 2. The SMILES string of the molecule is CC(=O)Nc1ccc(S(=O)(=O)N[C@@H](C)C(=O)OCC(=O)Nc2ccnn2C(C)C)cc1. The van der Waals surface area contributed by atoms with Gasteiger partial charge in [0.05, 0.1) is 11.1 Å². The molecule has 2 amide bonds. The van der Waals surface area contributed by atoms with E-state index in [0.29, 0.717) is 11.5 Å². The van der Waals surface area contributed by atoms with Crippen LogP contribution in [0.4, 0.5) is 11.5 Å². The zero-order chi connectivity index (χ0) is 23.2. The molecule has 2 rings (SSSR count). The number of sulfonamides is 1. The summed E-state index contributed by atoms with van der Waals surface area (Å²) in [5.41, 5.74) is 0.434. The third kappa shape index (κ3) is 6.89. The van der Waals surface area contributed by atoms with Crippen molar-refractivity contribution in [3.63, 3.8) is 0 Å². The summed E-state index contributed by atoms with van der Waals surface area (Å²) in [4.78, 5) is 35.1. The number of carbonyl (C=O) groups is 3. The Morgan fingerprint density at radius 3 is 2.29 bits per heavy atom. The van der Waals surface area contributed by atoms with Crippen molar-refractivity contribution in [2.75, 3.05) is 17.2 Å². The predicted octanol–water partition coefficient (Wildman–Crippen LogP) is 1.27. The summed E-state index contributed by atoms with van der Waals surface area (Å²) in [5.74, 6) is -1.33. The summed E-state index contributed by atoms with van der Waals surface area (Å²) < 4.78 is 33.6. The average Bonchev–Trinajstić information content (AvgIpc) is 3.14. The van der Waals surface area contributed by atoms with Crippen molar-refractivity contribution in [1.29, 1.82) is 0 Å². The Morgan fingerprint density at radius 1 is 1.06 bits per heavy atom. The summed E-state index contributed by atoms with van der Waals surface area (Å²) in [6.07, 6.45) is 1.53. The van der Waals surface area contributed by atoms with Crippen molar-refractivity contribution < 1.29 is 27.5 Å². The van der Waals surface area contributed by atoms with Crippen LogP contribution in [-0.4, -0.2) is 48.6 Å². The fourth-order valence-electron chi connectivity index (χ4n) is 2.53. The molecule has 11 nitrogen and oxygen atoms in total. The molecule has 12 heteroatoms. The minimum atomic E-state index is -4.02. The predicted molar refractivity (Wildman–Crippen MR) is 113 cm³/mol. The highest BCUT2D eigenvalue weighted by molar-refractivity contribution is 7.89. The maximum absolute atomic E-state index is 12.4. The number of hydrogen-bond acceptors (Lipinski definition) is 7. The van der Waals surface area contributed by atoms with Crippen LogP contribution in [-0.2, 0) is 29.1 Å². The summed E-state index contributed by atoms with van der Waals surface area (Å²) >= 11 is 0. The van der Waals surface area contributed by atoms with Crippen LogP contribution in [0.3, 0.4) is 0 Å². The van der Waals surface area contributed by atoms with Gasteiger partial charge in [-0.15, -0.1) is 0 Å². The van der Waals surface area contributed by atoms with Crippen LogP contribution in [0.2, 0.25) is 0 Å². The molecular formula is C19H25N5O6S. The first-order valence-electron chi connectivity index (χ1n) is 9.39. The van der Waals surface area contributed by atoms with Gasteiger partial charge in [-0.05, 0) is 45.0 Å². The molecule has 0 fully saturated rings. The molecule has 0 unspecified atom stereocenters. The van der Waals surface area contributed by atoms with Crippen molar-refractivity contribution in [1.82, 2.24) is 14.5 Å². The summed E-state index contributed by atoms with van der Waals surface area (Å²) in [6, 6.07) is 5.82. The second-order valence-electron chi connectivity index (χ2n) is 6.96. The molecule has 2 aromatic rings. The van der Waals surface area contributed by atoms with Gasteiger partial charge in [0.25, 0.3) is 5.91 Å². The lowest BCUT2D eigenvalue weighted by atomic mass is 10.3. The number of benzene rings is 1. The topological polar surface area (TPSA) is 148 Å². The van der Waals surface area contributed by atoms with Crippen LogP contribution in [0.15, 0.2) is 41.4 Å². The lowest BCUT2D eigenvalue weighted by Crippen LogP contribution is -2.40. The van der Waals surface area contributed by atoms with E-state index in [9.17, 15) is 22.8 Å². The zero-order valence-corrected chi connectivity index (χ0v) is 18.4. The van der Waals surface area contributed by atoms with Crippen LogP contribution >= 0.6 is 0 Å². The molecule has 0 saturated heterocycles. The van der Waals surface area contributed by atoms with Crippen LogP contribution in [0.5, 0.6) is 0 Å². The number of carbonyl (C=O) groups excluding carboxylic acids is 3. The lowest BCUT2D eigenvalue weighted by molar-refractivity contribution is -0.148. The van der Waals surface area contributed by atoms with E-state index in [0.717, 1.165) is 0 Å². The molecule has 1 aromatic heterocycles. The molecule has 0 aliphatic rings. The monoisotopic (exact) mass is 451 g/mol. The largest absolute Gasteiger partial charge is 0.454 e. The zero-order valence-electron chi connectivity index (χ0n) is 17.6. The quantitative estimate of drug-likeness (QED) is 0.486. The van der Waals surface area contributed by atoms with Gasteiger partial charge < -0.3 is 15.4 Å². The van der Waals surface area contributed by atoms with Crippen molar-refractivity contribution in [2.24, 2.45) is 0 Å². The molecule has 3 N–H and O–H groups in total. The van der Waals surface area contributed by atoms with E-state index in [-0.39, 0.29) is 16.8 Å². The van der Waals surface area contributed by atoms with E-state index in [1.807, 2.05) is 13.8 Å². The number of esters is 1. The smallest absolute Gasteiger partial charge is 0.324 e. The van der Waals surface area contributed by atoms with Gasteiger partial charge in [-0.3, -0.25) is 14.4 Å². The molecule has 168 valence electrons. The second-order valence-corrected chi connectivity index (χ2v) is 8.67. The second kappa shape index (κ2) is 10.2. The van der Waals surface area contributed by atoms with Gasteiger partial charge in [0.15, 0.2) is 6.61 Å². The Balaban J connectivity index is 1.90. The first kappa shape index (κ1) is 24.0. The highest BCUT2D eigenvalue weighted by Crippen LogP contribution is 2.15. The van der Waals surface area contributed by atoms with E-state index in [4.69, 9.17) is 4.74 Å².